The average molecular weight is 536 g/mol. The number of aliphatic hydroxyl groups excluding tert-OH is 1. The summed E-state index contributed by atoms with van der Waals surface area (Å²) in [5.41, 5.74) is 2.37. The van der Waals surface area contributed by atoms with Gasteiger partial charge in [-0.3, -0.25) is 14.5 Å². The fourth-order valence-corrected chi connectivity index (χ4v) is 4.74. The van der Waals surface area contributed by atoms with Crippen LogP contribution in [0.5, 0.6) is 17.2 Å². The standard InChI is InChI=1S/C30H30ClNO6/c1-6-18-7-9-19(10-8-18)27-26(28(33)22-15-23(31)25(37-5)16-24(22)36-4)29(34)30(35)32(27)20-11-13-21(14-12-20)38-17(2)3/h7-17,27,33H,6H2,1-5H3/b28-26+. The number of ketones is 1. The quantitative estimate of drug-likeness (QED) is 0.206. The number of rotatable bonds is 8. The largest absolute Gasteiger partial charge is 0.507 e. The van der Waals surface area contributed by atoms with Gasteiger partial charge in [0.15, 0.2) is 0 Å². The van der Waals surface area contributed by atoms with Gasteiger partial charge in [-0.15, -0.1) is 0 Å². The van der Waals surface area contributed by atoms with Crippen LogP contribution in [0.2, 0.25) is 5.02 Å². The van der Waals surface area contributed by atoms with Gasteiger partial charge >= 0.3 is 0 Å². The van der Waals surface area contributed by atoms with E-state index in [1.165, 1.54) is 31.3 Å². The van der Waals surface area contributed by atoms with Crippen molar-refractivity contribution in [3.63, 3.8) is 0 Å². The van der Waals surface area contributed by atoms with Crippen LogP contribution >= 0.6 is 11.6 Å². The predicted octanol–water partition coefficient (Wildman–Crippen LogP) is 6.33. The molecule has 0 spiro atoms. The highest BCUT2D eigenvalue weighted by Gasteiger charge is 2.47. The Kier molecular flexibility index (Phi) is 7.97. The lowest BCUT2D eigenvalue weighted by atomic mass is 9.94. The van der Waals surface area contributed by atoms with E-state index in [0.29, 0.717) is 22.7 Å². The van der Waals surface area contributed by atoms with E-state index in [1.807, 2.05) is 45.0 Å². The second kappa shape index (κ2) is 11.2. The van der Waals surface area contributed by atoms with E-state index < -0.39 is 23.5 Å². The van der Waals surface area contributed by atoms with Gasteiger partial charge in [0.25, 0.3) is 11.7 Å². The number of methoxy groups -OCH3 is 2. The molecule has 1 saturated heterocycles. The zero-order valence-electron chi connectivity index (χ0n) is 21.9. The van der Waals surface area contributed by atoms with Gasteiger partial charge in [0.2, 0.25) is 0 Å². The van der Waals surface area contributed by atoms with Crippen LogP contribution in [0.3, 0.4) is 0 Å². The van der Waals surface area contributed by atoms with Gasteiger partial charge in [-0.25, -0.2) is 0 Å². The molecule has 38 heavy (non-hydrogen) atoms. The maximum atomic E-state index is 13.5. The maximum Gasteiger partial charge on any atom is 0.300 e. The normalized spacial score (nSPS) is 16.7. The number of ether oxygens (including phenoxy) is 3. The first-order valence-corrected chi connectivity index (χ1v) is 12.7. The van der Waals surface area contributed by atoms with Crippen molar-refractivity contribution in [1.29, 1.82) is 0 Å². The fourth-order valence-electron chi connectivity index (χ4n) is 4.50. The third-order valence-electron chi connectivity index (χ3n) is 6.36. The van der Waals surface area contributed by atoms with Crippen LogP contribution in [0.1, 0.15) is 43.5 Å². The van der Waals surface area contributed by atoms with E-state index in [2.05, 4.69) is 0 Å². The number of aliphatic hydroxyl groups is 1. The van der Waals surface area contributed by atoms with Crippen LogP contribution in [0, 0.1) is 0 Å². The number of carbonyl (C=O) groups excluding carboxylic acids is 2. The van der Waals surface area contributed by atoms with E-state index in [9.17, 15) is 14.7 Å². The van der Waals surface area contributed by atoms with Gasteiger partial charge in [-0.1, -0.05) is 42.8 Å². The van der Waals surface area contributed by atoms with Crippen LogP contribution in [0.25, 0.3) is 5.76 Å². The van der Waals surface area contributed by atoms with Crippen molar-refractivity contribution in [1.82, 2.24) is 0 Å². The number of hydrogen-bond donors (Lipinski definition) is 1. The summed E-state index contributed by atoms with van der Waals surface area (Å²) in [6, 6.07) is 16.7. The number of halogens is 1. The molecule has 1 N–H and O–H groups in total. The second-order valence-electron chi connectivity index (χ2n) is 9.11. The molecule has 1 unspecified atom stereocenters. The molecule has 1 heterocycles. The highest BCUT2D eigenvalue weighted by atomic mass is 35.5. The number of benzene rings is 3. The number of nitrogens with zero attached hydrogens (tertiary/aromatic N) is 1. The Bertz CT molecular complexity index is 1380. The lowest BCUT2D eigenvalue weighted by molar-refractivity contribution is -0.132. The molecular formula is C30H30ClNO6. The molecule has 0 radical (unpaired) electrons. The second-order valence-corrected chi connectivity index (χ2v) is 9.52. The lowest BCUT2D eigenvalue weighted by Crippen LogP contribution is -2.29. The minimum absolute atomic E-state index is 0.0153. The Hall–Kier alpha value is -3.97. The summed E-state index contributed by atoms with van der Waals surface area (Å²) in [7, 11) is 2.89. The monoisotopic (exact) mass is 535 g/mol. The minimum Gasteiger partial charge on any atom is -0.507 e. The molecule has 4 rings (SSSR count). The Morgan fingerprint density at radius 1 is 0.974 bits per heavy atom. The molecule has 0 saturated carbocycles. The molecule has 3 aromatic carbocycles. The SMILES string of the molecule is CCc1ccc(C2/C(=C(\O)c3cc(Cl)c(OC)cc3OC)C(=O)C(=O)N2c2ccc(OC(C)C)cc2)cc1. The first kappa shape index (κ1) is 27.1. The minimum atomic E-state index is -0.886. The summed E-state index contributed by atoms with van der Waals surface area (Å²) in [6.45, 7) is 5.89. The first-order chi connectivity index (χ1) is 18.2. The first-order valence-electron chi connectivity index (χ1n) is 12.3. The molecule has 1 fully saturated rings. The van der Waals surface area contributed by atoms with Crippen LogP contribution in [-0.4, -0.2) is 37.1 Å². The van der Waals surface area contributed by atoms with Gasteiger partial charge in [-0.2, -0.15) is 0 Å². The van der Waals surface area contributed by atoms with Gasteiger partial charge < -0.3 is 19.3 Å². The van der Waals surface area contributed by atoms with Gasteiger partial charge in [0, 0.05) is 11.8 Å². The van der Waals surface area contributed by atoms with Crippen molar-refractivity contribution >= 4 is 34.7 Å². The summed E-state index contributed by atoms with van der Waals surface area (Å²) in [5, 5.41) is 11.7. The van der Waals surface area contributed by atoms with E-state index in [4.69, 9.17) is 25.8 Å². The number of hydrogen-bond acceptors (Lipinski definition) is 6. The van der Waals surface area contributed by atoms with Crippen LogP contribution in [0.15, 0.2) is 66.2 Å². The molecule has 0 aromatic heterocycles. The maximum absolute atomic E-state index is 13.5. The zero-order valence-corrected chi connectivity index (χ0v) is 22.7. The Morgan fingerprint density at radius 2 is 1.61 bits per heavy atom. The molecule has 3 aromatic rings. The molecule has 1 amide bonds. The Balaban J connectivity index is 1.92. The van der Waals surface area contributed by atoms with Crippen LogP contribution in [0.4, 0.5) is 5.69 Å². The molecule has 0 aliphatic carbocycles. The number of aryl methyl sites for hydroxylation is 1. The van der Waals surface area contributed by atoms with E-state index in [0.717, 1.165) is 12.0 Å². The number of anilines is 1. The van der Waals surface area contributed by atoms with Crippen LogP contribution in [-0.2, 0) is 16.0 Å². The molecule has 1 aliphatic rings. The van der Waals surface area contributed by atoms with Gasteiger partial charge in [0.05, 0.1) is 42.5 Å². The Morgan fingerprint density at radius 3 is 2.16 bits per heavy atom. The molecule has 1 atom stereocenters. The molecule has 198 valence electrons. The summed E-state index contributed by atoms with van der Waals surface area (Å²) in [6.07, 6.45) is 0.817. The summed E-state index contributed by atoms with van der Waals surface area (Å²) < 4.78 is 16.4. The number of carbonyl (C=O) groups is 2. The zero-order chi connectivity index (χ0) is 27.6. The van der Waals surface area contributed by atoms with Gasteiger partial charge in [0.1, 0.15) is 23.0 Å². The summed E-state index contributed by atoms with van der Waals surface area (Å²) in [4.78, 5) is 28.4. The fraction of sp³-hybridized carbons (Fsp3) is 0.267. The summed E-state index contributed by atoms with van der Waals surface area (Å²) in [5.74, 6) is -0.740. The summed E-state index contributed by atoms with van der Waals surface area (Å²) >= 11 is 6.35. The highest BCUT2D eigenvalue weighted by molar-refractivity contribution is 6.51. The molecule has 0 bridgehead atoms. The van der Waals surface area contributed by atoms with Crippen molar-refractivity contribution in [2.75, 3.05) is 19.1 Å². The third-order valence-corrected chi connectivity index (χ3v) is 6.66. The highest BCUT2D eigenvalue weighted by Crippen LogP contribution is 2.45. The number of amides is 1. The van der Waals surface area contributed by atoms with Crippen molar-refractivity contribution in [2.45, 2.75) is 39.3 Å². The third kappa shape index (κ3) is 5.07. The lowest BCUT2D eigenvalue weighted by Gasteiger charge is -2.26. The molecule has 1 aliphatic heterocycles. The van der Waals surface area contributed by atoms with E-state index >= 15 is 0 Å². The molecule has 8 heteroatoms. The average Bonchev–Trinajstić information content (AvgIpc) is 3.18. The van der Waals surface area contributed by atoms with E-state index in [1.54, 1.807) is 24.3 Å². The van der Waals surface area contributed by atoms with Gasteiger partial charge in [-0.05, 0) is 61.7 Å². The van der Waals surface area contributed by atoms with Crippen molar-refractivity contribution in [3.05, 3.63) is 87.9 Å². The predicted molar refractivity (Wildman–Crippen MR) is 147 cm³/mol. The smallest absolute Gasteiger partial charge is 0.300 e. The number of Topliss-reactive ketones (excluding diaryl/α,β-unsaturated/α-hetero) is 1. The Labute approximate surface area is 227 Å². The topological polar surface area (TPSA) is 85.3 Å². The molecular weight excluding hydrogens is 506 g/mol. The van der Waals surface area contributed by atoms with Crippen molar-refractivity contribution in [2.24, 2.45) is 0 Å². The van der Waals surface area contributed by atoms with Crippen molar-refractivity contribution in [3.8, 4) is 17.2 Å². The van der Waals surface area contributed by atoms with Crippen LogP contribution < -0.4 is 19.1 Å². The molecule has 7 nitrogen and oxygen atoms in total. The van der Waals surface area contributed by atoms with Crippen molar-refractivity contribution < 1.29 is 28.9 Å². The van der Waals surface area contributed by atoms with E-state index in [-0.39, 0.29) is 28.0 Å².